The second kappa shape index (κ2) is 6.05. The summed E-state index contributed by atoms with van der Waals surface area (Å²) in [5, 5.41) is 9.17. The van der Waals surface area contributed by atoms with Gasteiger partial charge in [-0.05, 0) is 36.8 Å². The molecule has 112 valence electrons. The maximum Gasteiger partial charge on any atom is 0.308 e. The number of carbonyl (C=O) groups is 1. The molecule has 2 rings (SSSR count). The van der Waals surface area contributed by atoms with Gasteiger partial charge in [0.1, 0.15) is 4.21 Å². The number of nitrogens with one attached hydrogen (secondary N) is 1. The van der Waals surface area contributed by atoms with Gasteiger partial charge >= 0.3 is 5.97 Å². The minimum absolute atomic E-state index is 0.0677. The molecule has 0 fully saturated rings. The lowest BCUT2D eigenvalue weighted by Gasteiger charge is -2.10. The van der Waals surface area contributed by atoms with Crippen molar-refractivity contribution in [1.82, 2.24) is 0 Å². The van der Waals surface area contributed by atoms with Crippen molar-refractivity contribution in [1.29, 1.82) is 0 Å². The SMILES string of the molecule is Cc1c(Cl)cccc1NS(=O)(=O)c1ccc(CC(=O)O)s1. The Bertz CT molecular complexity index is 783. The van der Waals surface area contributed by atoms with Crippen molar-refractivity contribution < 1.29 is 18.3 Å². The molecule has 1 aromatic heterocycles. The molecule has 0 amide bonds. The number of carboxylic acids is 1. The normalized spacial score (nSPS) is 11.3. The number of thiophene rings is 1. The lowest BCUT2D eigenvalue weighted by atomic mass is 10.2. The van der Waals surface area contributed by atoms with Crippen molar-refractivity contribution in [3.05, 3.63) is 45.8 Å². The van der Waals surface area contributed by atoms with Crippen LogP contribution in [0.4, 0.5) is 5.69 Å². The molecule has 0 aliphatic rings. The molecular formula is C13H12ClNO4S2. The molecule has 0 saturated carbocycles. The Labute approximate surface area is 131 Å². The largest absolute Gasteiger partial charge is 0.481 e. The molecule has 0 aliphatic carbocycles. The van der Waals surface area contributed by atoms with E-state index in [9.17, 15) is 13.2 Å². The molecule has 2 aromatic rings. The van der Waals surface area contributed by atoms with Gasteiger partial charge in [0, 0.05) is 9.90 Å². The lowest BCUT2D eigenvalue weighted by Crippen LogP contribution is -2.12. The molecule has 8 heteroatoms. The van der Waals surface area contributed by atoms with Crippen LogP contribution in [-0.2, 0) is 21.2 Å². The molecule has 2 N–H and O–H groups in total. The van der Waals surface area contributed by atoms with Crippen LogP contribution in [0.25, 0.3) is 0 Å². The summed E-state index contributed by atoms with van der Waals surface area (Å²) in [7, 11) is -3.75. The summed E-state index contributed by atoms with van der Waals surface area (Å²) < 4.78 is 27.1. The number of benzene rings is 1. The standard InChI is InChI=1S/C13H12ClNO4S2/c1-8-10(14)3-2-4-11(8)15-21(18,19)13-6-5-9(20-13)7-12(16)17/h2-6,15H,7H2,1H3,(H,16,17). The summed E-state index contributed by atoms with van der Waals surface area (Å²) in [6.07, 6.45) is -0.198. The van der Waals surface area contributed by atoms with Crippen molar-refractivity contribution in [3.63, 3.8) is 0 Å². The van der Waals surface area contributed by atoms with Gasteiger partial charge in [0.2, 0.25) is 0 Å². The van der Waals surface area contributed by atoms with Crippen LogP contribution in [0.3, 0.4) is 0 Å². The Morgan fingerprint density at radius 3 is 2.71 bits per heavy atom. The lowest BCUT2D eigenvalue weighted by molar-refractivity contribution is -0.136. The molecule has 0 saturated heterocycles. The number of carboxylic acid groups (broad SMARTS) is 1. The van der Waals surface area contributed by atoms with Gasteiger partial charge in [-0.1, -0.05) is 17.7 Å². The predicted molar refractivity (Wildman–Crippen MR) is 82.7 cm³/mol. The van der Waals surface area contributed by atoms with E-state index in [1.54, 1.807) is 25.1 Å². The molecule has 0 atom stereocenters. The monoisotopic (exact) mass is 345 g/mol. The highest BCUT2D eigenvalue weighted by molar-refractivity contribution is 7.94. The fourth-order valence-corrected chi connectivity index (χ4v) is 4.30. The van der Waals surface area contributed by atoms with Crippen molar-refractivity contribution >= 4 is 44.6 Å². The van der Waals surface area contributed by atoms with Gasteiger partial charge in [0.25, 0.3) is 10.0 Å². The number of hydrogen-bond donors (Lipinski definition) is 2. The fraction of sp³-hybridized carbons (Fsp3) is 0.154. The Kier molecular flexibility index (Phi) is 4.55. The molecule has 1 heterocycles. The van der Waals surface area contributed by atoms with Gasteiger partial charge in [-0.25, -0.2) is 8.42 Å². The van der Waals surface area contributed by atoms with Gasteiger partial charge < -0.3 is 5.11 Å². The van der Waals surface area contributed by atoms with Crippen LogP contribution in [0.15, 0.2) is 34.5 Å². The van der Waals surface area contributed by atoms with E-state index in [1.807, 2.05) is 0 Å². The predicted octanol–water partition coefficient (Wildman–Crippen LogP) is 3.14. The zero-order valence-corrected chi connectivity index (χ0v) is 13.3. The first-order valence-corrected chi connectivity index (χ1v) is 8.56. The molecule has 21 heavy (non-hydrogen) atoms. The first-order valence-electron chi connectivity index (χ1n) is 5.88. The van der Waals surface area contributed by atoms with Gasteiger partial charge in [0.05, 0.1) is 12.1 Å². The van der Waals surface area contributed by atoms with Gasteiger partial charge in [0.15, 0.2) is 0 Å². The van der Waals surface area contributed by atoms with Crippen molar-refractivity contribution in [2.45, 2.75) is 17.6 Å². The summed E-state index contributed by atoms with van der Waals surface area (Å²) in [5.41, 5.74) is 1.03. The third-order valence-corrected chi connectivity index (χ3v) is 6.09. The molecule has 0 aliphatic heterocycles. The van der Waals surface area contributed by atoms with E-state index in [4.69, 9.17) is 16.7 Å². The molecule has 1 aromatic carbocycles. The molecule has 0 radical (unpaired) electrons. The average molecular weight is 346 g/mol. The minimum Gasteiger partial charge on any atom is -0.481 e. The van der Waals surface area contributed by atoms with Crippen molar-refractivity contribution in [2.75, 3.05) is 4.72 Å². The van der Waals surface area contributed by atoms with Gasteiger partial charge in [-0.3, -0.25) is 9.52 Å². The number of halogens is 1. The Morgan fingerprint density at radius 2 is 2.05 bits per heavy atom. The summed E-state index contributed by atoms with van der Waals surface area (Å²) in [6.45, 7) is 1.71. The van der Waals surface area contributed by atoms with Crippen LogP contribution in [0, 0.1) is 6.92 Å². The summed E-state index contributed by atoms with van der Waals surface area (Å²) >= 11 is 6.89. The first kappa shape index (κ1) is 15.8. The number of hydrogen-bond acceptors (Lipinski definition) is 4. The third kappa shape index (κ3) is 3.75. The molecule has 0 bridgehead atoms. The van der Waals surface area contributed by atoms with Crippen LogP contribution < -0.4 is 4.72 Å². The highest BCUT2D eigenvalue weighted by Gasteiger charge is 2.19. The Hall–Kier alpha value is -1.57. The zero-order chi connectivity index (χ0) is 15.6. The van der Waals surface area contributed by atoms with Crippen LogP contribution in [0.1, 0.15) is 10.4 Å². The van der Waals surface area contributed by atoms with Crippen LogP contribution >= 0.6 is 22.9 Å². The first-order chi connectivity index (χ1) is 9.79. The Balaban J connectivity index is 2.28. The van der Waals surface area contributed by atoms with E-state index in [1.165, 1.54) is 12.1 Å². The number of sulfonamides is 1. The highest BCUT2D eigenvalue weighted by atomic mass is 35.5. The van der Waals surface area contributed by atoms with Crippen LogP contribution in [0.2, 0.25) is 5.02 Å². The number of rotatable bonds is 5. The second-order valence-corrected chi connectivity index (χ2v) is 7.79. The number of anilines is 1. The minimum atomic E-state index is -3.75. The number of aliphatic carboxylic acids is 1. The highest BCUT2D eigenvalue weighted by Crippen LogP contribution is 2.28. The van der Waals surface area contributed by atoms with E-state index in [-0.39, 0.29) is 10.6 Å². The maximum absolute atomic E-state index is 12.3. The molecule has 5 nitrogen and oxygen atoms in total. The molecular weight excluding hydrogens is 334 g/mol. The fourth-order valence-electron chi connectivity index (χ4n) is 1.66. The third-order valence-electron chi connectivity index (χ3n) is 2.74. The van der Waals surface area contributed by atoms with E-state index in [0.29, 0.717) is 21.2 Å². The zero-order valence-electron chi connectivity index (χ0n) is 11.0. The summed E-state index contributed by atoms with van der Waals surface area (Å²) in [4.78, 5) is 11.1. The van der Waals surface area contributed by atoms with Crippen molar-refractivity contribution in [3.8, 4) is 0 Å². The van der Waals surface area contributed by atoms with Gasteiger partial charge in [-0.15, -0.1) is 11.3 Å². The average Bonchev–Trinajstić information content (AvgIpc) is 2.83. The maximum atomic E-state index is 12.3. The Morgan fingerprint density at radius 1 is 1.33 bits per heavy atom. The van der Waals surface area contributed by atoms with Crippen molar-refractivity contribution in [2.24, 2.45) is 0 Å². The van der Waals surface area contributed by atoms with Gasteiger partial charge in [-0.2, -0.15) is 0 Å². The quantitative estimate of drug-likeness (QED) is 0.872. The van der Waals surface area contributed by atoms with Crippen LogP contribution in [0.5, 0.6) is 0 Å². The molecule has 0 spiro atoms. The topological polar surface area (TPSA) is 83.5 Å². The van der Waals surface area contributed by atoms with E-state index < -0.39 is 16.0 Å². The van der Waals surface area contributed by atoms with Crippen LogP contribution in [-0.4, -0.2) is 19.5 Å². The van der Waals surface area contributed by atoms with E-state index >= 15 is 0 Å². The summed E-state index contributed by atoms with van der Waals surface area (Å²) in [5.74, 6) is -1.00. The molecule has 0 unspecified atom stereocenters. The second-order valence-electron chi connectivity index (χ2n) is 4.31. The van der Waals surface area contributed by atoms with E-state index in [2.05, 4.69) is 4.72 Å². The summed E-state index contributed by atoms with van der Waals surface area (Å²) in [6, 6.07) is 7.83. The van der Waals surface area contributed by atoms with E-state index in [0.717, 1.165) is 11.3 Å². The smallest absolute Gasteiger partial charge is 0.308 e.